The molecule has 0 aromatic heterocycles. The summed E-state index contributed by atoms with van der Waals surface area (Å²) in [6.07, 6.45) is 0.0923. The van der Waals surface area contributed by atoms with E-state index >= 15 is 0 Å². The predicted molar refractivity (Wildman–Crippen MR) is 103 cm³/mol. The van der Waals surface area contributed by atoms with Gasteiger partial charge in [-0.25, -0.2) is 0 Å². The maximum absolute atomic E-state index is 6.16. The fourth-order valence-electron chi connectivity index (χ4n) is 2.64. The van der Waals surface area contributed by atoms with Crippen molar-refractivity contribution in [2.75, 3.05) is 5.73 Å². The highest BCUT2D eigenvalue weighted by molar-refractivity contribution is 5.75. The molecule has 0 spiro atoms. The first-order valence-electron chi connectivity index (χ1n) is 8.46. The lowest BCUT2D eigenvalue weighted by molar-refractivity contribution is 0.244. The molecular weight excluding hydrogens is 310 g/mol. The van der Waals surface area contributed by atoms with E-state index in [1.165, 1.54) is 0 Å². The van der Waals surface area contributed by atoms with E-state index < -0.39 is 0 Å². The van der Waals surface area contributed by atoms with Crippen LogP contribution < -0.4 is 15.2 Å². The van der Waals surface area contributed by atoms with Gasteiger partial charge in [-0.1, -0.05) is 54.6 Å². The normalized spacial score (nSPS) is 10.7. The fraction of sp³-hybridized carbons (Fsp3) is 0.182. The minimum absolute atomic E-state index is 0.0923. The van der Waals surface area contributed by atoms with Crippen LogP contribution in [-0.2, 0) is 6.61 Å². The number of para-hydroxylation sites is 1. The standard InChI is InChI=1S/C22H23NO2/c1-16(2)25-22-13-12-18(14-20(22)23)19-10-6-7-11-21(19)24-15-17-8-4-3-5-9-17/h3-14,16H,15,23H2,1-2H3. The summed E-state index contributed by atoms with van der Waals surface area (Å²) in [5, 5.41) is 0. The van der Waals surface area contributed by atoms with Gasteiger partial charge in [0, 0.05) is 5.56 Å². The fourth-order valence-corrected chi connectivity index (χ4v) is 2.64. The van der Waals surface area contributed by atoms with E-state index in [0.29, 0.717) is 18.0 Å². The van der Waals surface area contributed by atoms with Gasteiger partial charge in [-0.3, -0.25) is 0 Å². The predicted octanol–water partition coefficient (Wildman–Crippen LogP) is 5.30. The molecule has 0 aliphatic carbocycles. The smallest absolute Gasteiger partial charge is 0.142 e. The summed E-state index contributed by atoms with van der Waals surface area (Å²) in [4.78, 5) is 0. The average molecular weight is 333 g/mol. The van der Waals surface area contributed by atoms with Crippen LogP contribution in [0.1, 0.15) is 19.4 Å². The van der Waals surface area contributed by atoms with Crippen LogP contribution in [-0.4, -0.2) is 6.10 Å². The first-order chi connectivity index (χ1) is 12.1. The summed E-state index contributed by atoms with van der Waals surface area (Å²) in [6.45, 7) is 4.50. The number of rotatable bonds is 6. The van der Waals surface area contributed by atoms with Gasteiger partial charge in [0.15, 0.2) is 0 Å². The minimum atomic E-state index is 0.0923. The van der Waals surface area contributed by atoms with Gasteiger partial charge in [0.1, 0.15) is 18.1 Å². The zero-order chi connectivity index (χ0) is 17.6. The van der Waals surface area contributed by atoms with Gasteiger partial charge >= 0.3 is 0 Å². The summed E-state index contributed by atoms with van der Waals surface area (Å²) in [6, 6.07) is 24.0. The first kappa shape index (κ1) is 16.9. The summed E-state index contributed by atoms with van der Waals surface area (Å²) >= 11 is 0. The van der Waals surface area contributed by atoms with E-state index in [9.17, 15) is 0 Å². The largest absolute Gasteiger partial charge is 0.489 e. The highest BCUT2D eigenvalue weighted by Gasteiger charge is 2.10. The third kappa shape index (κ3) is 4.32. The quantitative estimate of drug-likeness (QED) is 0.622. The molecule has 0 unspecified atom stereocenters. The molecule has 0 saturated carbocycles. The molecule has 0 amide bonds. The Morgan fingerprint density at radius 2 is 1.56 bits per heavy atom. The van der Waals surface area contributed by atoms with Crippen molar-refractivity contribution in [3.05, 3.63) is 78.4 Å². The molecule has 0 radical (unpaired) electrons. The molecule has 0 aliphatic rings. The van der Waals surface area contributed by atoms with E-state index in [2.05, 4.69) is 12.1 Å². The number of anilines is 1. The van der Waals surface area contributed by atoms with Crippen LogP contribution in [0.4, 0.5) is 5.69 Å². The van der Waals surface area contributed by atoms with Crippen molar-refractivity contribution >= 4 is 5.69 Å². The lowest BCUT2D eigenvalue weighted by atomic mass is 10.0. The van der Waals surface area contributed by atoms with Gasteiger partial charge in [-0.2, -0.15) is 0 Å². The summed E-state index contributed by atoms with van der Waals surface area (Å²) in [7, 11) is 0. The average Bonchev–Trinajstić information content (AvgIpc) is 2.62. The maximum Gasteiger partial charge on any atom is 0.142 e. The van der Waals surface area contributed by atoms with E-state index in [-0.39, 0.29) is 6.10 Å². The van der Waals surface area contributed by atoms with Gasteiger partial charge in [-0.05, 0) is 43.2 Å². The number of benzene rings is 3. The van der Waals surface area contributed by atoms with Gasteiger partial charge in [0.05, 0.1) is 11.8 Å². The zero-order valence-corrected chi connectivity index (χ0v) is 14.6. The van der Waals surface area contributed by atoms with Crippen LogP contribution >= 0.6 is 0 Å². The van der Waals surface area contributed by atoms with Crippen molar-refractivity contribution in [3.8, 4) is 22.6 Å². The Hall–Kier alpha value is -2.94. The topological polar surface area (TPSA) is 44.5 Å². The molecule has 3 aromatic rings. The van der Waals surface area contributed by atoms with Gasteiger partial charge in [0.2, 0.25) is 0 Å². The monoisotopic (exact) mass is 333 g/mol. The molecule has 3 rings (SSSR count). The number of hydrogen-bond acceptors (Lipinski definition) is 3. The molecule has 0 fully saturated rings. The molecule has 3 heteroatoms. The highest BCUT2D eigenvalue weighted by atomic mass is 16.5. The third-order valence-electron chi connectivity index (χ3n) is 3.81. The van der Waals surface area contributed by atoms with Crippen LogP contribution in [0.5, 0.6) is 11.5 Å². The molecule has 0 bridgehead atoms. The molecule has 128 valence electrons. The van der Waals surface area contributed by atoms with Crippen LogP contribution in [0.2, 0.25) is 0 Å². The minimum Gasteiger partial charge on any atom is -0.489 e. The van der Waals surface area contributed by atoms with Crippen LogP contribution in [0.25, 0.3) is 11.1 Å². The Bertz CT molecular complexity index is 828. The second-order valence-electron chi connectivity index (χ2n) is 6.19. The summed E-state index contributed by atoms with van der Waals surface area (Å²) < 4.78 is 11.8. The summed E-state index contributed by atoms with van der Waals surface area (Å²) in [5.74, 6) is 1.55. The van der Waals surface area contributed by atoms with Crippen molar-refractivity contribution < 1.29 is 9.47 Å². The van der Waals surface area contributed by atoms with E-state index in [4.69, 9.17) is 15.2 Å². The summed E-state index contributed by atoms with van der Waals surface area (Å²) in [5.41, 5.74) is 9.95. The third-order valence-corrected chi connectivity index (χ3v) is 3.81. The second kappa shape index (κ2) is 7.75. The van der Waals surface area contributed by atoms with Crippen molar-refractivity contribution in [2.45, 2.75) is 26.6 Å². The van der Waals surface area contributed by atoms with Crippen molar-refractivity contribution in [1.82, 2.24) is 0 Å². The Labute approximate surface area is 149 Å². The lowest BCUT2D eigenvalue weighted by Crippen LogP contribution is -2.07. The maximum atomic E-state index is 6.16. The Kier molecular flexibility index (Phi) is 5.24. The Morgan fingerprint density at radius 3 is 2.28 bits per heavy atom. The number of ether oxygens (including phenoxy) is 2. The Morgan fingerprint density at radius 1 is 0.840 bits per heavy atom. The molecule has 3 aromatic carbocycles. The highest BCUT2D eigenvalue weighted by Crippen LogP contribution is 2.34. The van der Waals surface area contributed by atoms with Crippen LogP contribution in [0.3, 0.4) is 0 Å². The number of hydrogen-bond donors (Lipinski definition) is 1. The van der Waals surface area contributed by atoms with Crippen LogP contribution in [0.15, 0.2) is 72.8 Å². The second-order valence-corrected chi connectivity index (χ2v) is 6.19. The molecular formula is C22H23NO2. The SMILES string of the molecule is CC(C)Oc1ccc(-c2ccccc2OCc2ccccc2)cc1N. The van der Waals surface area contributed by atoms with Crippen molar-refractivity contribution in [1.29, 1.82) is 0 Å². The molecule has 3 nitrogen and oxygen atoms in total. The zero-order valence-electron chi connectivity index (χ0n) is 14.6. The number of nitrogens with two attached hydrogens (primary N) is 1. The van der Waals surface area contributed by atoms with E-state index in [0.717, 1.165) is 22.4 Å². The molecule has 0 saturated heterocycles. The molecule has 0 aliphatic heterocycles. The van der Waals surface area contributed by atoms with Gasteiger partial charge in [-0.15, -0.1) is 0 Å². The molecule has 0 atom stereocenters. The number of nitrogen functional groups attached to an aromatic ring is 1. The molecule has 0 heterocycles. The Balaban J connectivity index is 1.84. The van der Waals surface area contributed by atoms with Gasteiger partial charge < -0.3 is 15.2 Å². The van der Waals surface area contributed by atoms with Crippen molar-refractivity contribution in [2.24, 2.45) is 0 Å². The van der Waals surface area contributed by atoms with Crippen LogP contribution in [0, 0.1) is 0 Å². The van der Waals surface area contributed by atoms with E-state index in [1.807, 2.05) is 74.5 Å². The van der Waals surface area contributed by atoms with E-state index in [1.54, 1.807) is 0 Å². The van der Waals surface area contributed by atoms with Gasteiger partial charge in [0.25, 0.3) is 0 Å². The molecule has 25 heavy (non-hydrogen) atoms. The lowest BCUT2D eigenvalue weighted by Gasteiger charge is -2.15. The first-order valence-corrected chi connectivity index (χ1v) is 8.46. The van der Waals surface area contributed by atoms with Crippen molar-refractivity contribution in [3.63, 3.8) is 0 Å². The molecule has 2 N–H and O–H groups in total.